The molecule has 2 N–H and O–H groups in total. The van der Waals surface area contributed by atoms with Crippen LogP contribution in [0, 0.1) is 18.3 Å². The first kappa shape index (κ1) is 26.6. The van der Waals surface area contributed by atoms with Crippen LogP contribution in [0.25, 0.3) is 11.5 Å². The Morgan fingerprint density at radius 2 is 1.94 bits per heavy atom. The monoisotopic (exact) mass is 554 g/mol. The van der Waals surface area contributed by atoms with Crippen LogP contribution < -0.4 is 10.6 Å². The Bertz CT molecular complexity index is 842. The minimum atomic E-state index is 0. The third-order valence-corrected chi connectivity index (χ3v) is 5.65. The van der Waals surface area contributed by atoms with Crippen molar-refractivity contribution in [3.05, 3.63) is 41.8 Å². The number of aromatic nitrogens is 1. The number of nitrogens with one attached hydrogen (secondary N) is 2. The average molecular weight is 555 g/mol. The maximum absolute atomic E-state index is 6.10. The van der Waals surface area contributed by atoms with Gasteiger partial charge in [-0.3, -0.25) is 4.99 Å². The van der Waals surface area contributed by atoms with Gasteiger partial charge in [-0.05, 0) is 44.2 Å². The second-order valence-electron chi connectivity index (χ2n) is 9.47. The van der Waals surface area contributed by atoms with Gasteiger partial charge in [0.1, 0.15) is 6.26 Å². The van der Waals surface area contributed by atoms with Crippen LogP contribution in [0.1, 0.15) is 51.8 Å². The lowest BCUT2D eigenvalue weighted by atomic mass is 9.78. The second kappa shape index (κ2) is 12.6. The first-order valence-corrected chi connectivity index (χ1v) is 11.5. The molecule has 2 aromatic rings. The van der Waals surface area contributed by atoms with Gasteiger partial charge in [-0.15, -0.1) is 24.0 Å². The van der Waals surface area contributed by atoms with Gasteiger partial charge < -0.3 is 19.8 Å². The lowest BCUT2D eigenvalue weighted by Gasteiger charge is -2.39. The van der Waals surface area contributed by atoms with E-state index in [1.807, 2.05) is 12.1 Å². The molecule has 1 aromatic carbocycles. The number of aryl methyl sites for hydroxylation is 1. The molecule has 178 valence electrons. The Labute approximate surface area is 210 Å². The van der Waals surface area contributed by atoms with E-state index in [4.69, 9.17) is 14.1 Å². The van der Waals surface area contributed by atoms with E-state index in [1.54, 1.807) is 6.26 Å². The van der Waals surface area contributed by atoms with E-state index in [1.165, 1.54) is 12.0 Å². The molecule has 1 saturated heterocycles. The summed E-state index contributed by atoms with van der Waals surface area (Å²) in [6, 6.07) is 8.22. The van der Waals surface area contributed by atoms with Gasteiger partial charge in [-0.25, -0.2) is 4.98 Å². The Balaban J connectivity index is 0.00000363. The molecular weight excluding hydrogens is 515 g/mol. The molecule has 0 spiro atoms. The van der Waals surface area contributed by atoms with E-state index in [9.17, 15) is 0 Å². The predicted molar refractivity (Wildman–Crippen MR) is 142 cm³/mol. The van der Waals surface area contributed by atoms with Gasteiger partial charge >= 0.3 is 0 Å². The topological polar surface area (TPSA) is 71.7 Å². The number of hydrogen-bond donors (Lipinski definition) is 2. The van der Waals surface area contributed by atoms with Crippen molar-refractivity contribution in [1.29, 1.82) is 0 Å². The molecule has 3 rings (SSSR count). The smallest absolute Gasteiger partial charge is 0.226 e. The molecule has 7 heteroatoms. The first-order chi connectivity index (χ1) is 14.9. The zero-order valence-corrected chi connectivity index (χ0v) is 22.4. The third-order valence-electron chi connectivity index (χ3n) is 5.65. The van der Waals surface area contributed by atoms with Crippen LogP contribution in [0.4, 0.5) is 0 Å². The maximum atomic E-state index is 6.10. The summed E-state index contributed by atoms with van der Waals surface area (Å²) >= 11 is 0. The lowest BCUT2D eigenvalue weighted by Crippen LogP contribution is -2.43. The molecule has 2 unspecified atom stereocenters. The number of benzene rings is 1. The summed E-state index contributed by atoms with van der Waals surface area (Å²) in [6.45, 7) is 14.1. The molecule has 2 atom stereocenters. The molecule has 0 radical (unpaired) electrons. The highest BCUT2D eigenvalue weighted by atomic mass is 127. The number of aliphatic imine (C=N–C) groups is 1. The zero-order chi connectivity index (χ0) is 22.3. The van der Waals surface area contributed by atoms with Gasteiger partial charge in [0.2, 0.25) is 5.89 Å². The van der Waals surface area contributed by atoms with Crippen LogP contribution in [0.3, 0.4) is 0 Å². The van der Waals surface area contributed by atoms with Crippen LogP contribution >= 0.6 is 24.0 Å². The quantitative estimate of drug-likeness (QED) is 0.280. The molecule has 2 heterocycles. The fourth-order valence-corrected chi connectivity index (χ4v) is 4.10. The Kier molecular flexibility index (Phi) is 10.5. The van der Waals surface area contributed by atoms with Gasteiger partial charge in [0.15, 0.2) is 5.96 Å². The Morgan fingerprint density at radius 1 is 1.19 bits per heavy atom. The van der Waals surface area contributed by atoms with Crippen molar-refractivity contribution >= 4 is 29.9 Å². The standard InChI is InChI=1S/C25H38N4O2.HI/c1-6-26-24(28-16-20-8-7-15-30-22(20)25(3,4)5)27-14-13-21-17-31-23(29-21)19-11-9-18(2)10-12-19;/h9-12,17,20,22H,6-8,13-16H2,1-5H3,(H2,26,27,28);1H. The van der Waals surface area contributed by atoms with Crippen molar-refractivity contribution in [3.63, 3.8) is 0 Å². The van der Waals surface area contributed by atoms with Crippen LogP contribution in [0.5, 0.6) is 0 Å². The van der Waals surface area contributed by atoms with Crippen molar-refractivity contribution in [2.24, 2.45) is 16.3 Å². The van der Waals surface area contributed by atoms with Gasteiger partial charge in [0.05, 0.1) is 11.8 Å². The predicted octanol–water partition coefficient (Wildman–Crippen LogP) is 5.21. The van der Waals surface area contributed by atoms with E-state index in [0.717, 1.165) is 56.3 Å². The van der Waals surface area contributed by atoms with Gasteiger partial charge in [-0.1, -0.05) is 38.5 Å². The van der Waals surface area contributed by atoms with Crippen molar-refractivity contribution in [2.45, 2.75) is 60.0 Å². The number of oxazole rings is 1. The molecule has 1 aromatic heterocycles. The van der Waals surface area contributed by atoms with E-state index >= 15 is 0 Å². The zero-order valence-electron chi connectivity index (χ0n) is 20.1. The molecular formula is C25H39IN4O2. The Morgan fingerprint density at radius 3 is 2.62 bits per heavy atom. The minimum Gasteiger partial charge on any atom is -0.444 e. The van der Waals surface area contributed by atoms with Crippen LogP contribution in [-0.2, 0) is 11.2 Å². The van der Waals surface area contributed by atoms with Crippen molar-refractivity contribution < 1.29 is 9.15 Å². The third kappa shape index (κ3) is 7.76. The number of guanidine groups is 1. The lowest BCUT2D eigenvalue weighted by molar-refractivity contribution is -0.0823. The van der Waals surface area contributed by atoms with Crippen LogP contribution in [-0.4, -0.2) is 43.3 Å². The summed E-state index contributed by atoms with van der Waals surface area (Å²) in [5.74, 6) is 1.97. The summed E-state index contributed by atoms with van der Waals surface area (Å²) in [4.78, 5) is 9.49. The molecule has 32 heavy (non-hydrogen) atoms. The van der Waals surface area contributed by atoms with Crippen LogP contribution in [0.2, 0.25) is 0 Å². The molecule has 0 amide bonds. The molecule has 1 aliphatic rings. The summed E-state index contributed by atoms with van der Waals surface area (Å²) in [5.41, 5.74) is 3.30. The summed E-state index contributed by atoms with van der Waals surface area (Å²) < 4.78 is 11.8. The van der Waals surface area contributed by atoms with Crippen molar-refractivity contribution in [2.75, 3.05) is 26.2 Å². The van der Waals surface area contributed by atoms with Gasteiger partial charge in [0, 0.05) is 44.1 Å². The Hall–Kier alpha value is -1.61. The summed E-state index contributed by atoms with van der Waals surface area (Å²) in [5, 5.41) is 6.79. The number of nitrogens with zero attached hydrogens (tertiary/aromatic N) is 2. The van der Waals surface area contributed by atoms with E-state index in [0.29, 0.717) is 11.8 Å². The molecule has 0 aliphatic carbocycles. The van der Waals surface area contributed by atoms with Crippen molar-refractivity contribution in [1.82, 2.24) is 15.6 Å². The molecule has 1 aliphatic heterocycles. The van der Waals surface area contributed by atoms with Gasteiger partial charge in [-0.2, -0.15) is 0 Å². The largest absolute Gasteiger partial charge is 0.444 e. The minimum absolute atomic E-state index is 0. The number of halogens is 1. The molecule has 6 nitrogen and oxygen atoms in total. The van der Waals surface area contributed by atoms with E-state index in [-0.39, 0.29) is 35.5 Å². The van der Waals surface area contributed by atoms with Crippen LogP contribution in [0.15, 0.2) is 39.9 Å². The van der Waals surface area contributed by atoms with Gasteiger partial charge in [0.25, 0.3) is 0 Å². The number of rotatable bonds is 7. The second-order valence-corrected chi connectivity index (χ2v) is 9.47. The van der Waals surface area contributed by atoms with E-state index < -0.39 is 0 Å². The normalized spacial score (nSPS) is 19.3. The first-order valence-electron chi connectivity index (χ1n) is 11.5. The fourth-order valence-electron chi connectivity index (χ4n) is 4.10. The average Bonchev–Trinajstić information content (AvgIpc) is 3.21. The molecule has 0 saturated carbocycles. The summed E-state index contributed by atoms with van der Waals surface area (Å²) in [6.07, 6.45) is 5.06. The number of ether oxygens (including phenoxy) is 1. The highest BCUT2D eigenvalue weighted by Gasteiger charge is 2.35. The fraction of sp³-hybridized carbons (Fsp3) is 0.600. The number of hydrogen-bond acceptors (Lipinski definition) is 4. The molecule has 0 bridgehead atoms. The highest BCUT2D eigenvalue weighted by Crippen LogP contribution is 2.34. The molecule has 1 fully saturated rings. The summed E-state index contributed by atoms with van der Waals surface area (Å²) in [7, 11) is 0. The van der Waals surface area contributed by atoms with E-state index in [2.05, 4.69) is 62.4 Å². The van der Waals surface area contributed by atoms with Crippen molar-refractivity contribution in [3.8, 4) is 11.5 Å². The SMILES string of the molecule is CCNC(=NCC1CCCOC1C(C)(C)C)NCCc1coc(-c2ccc(C)cc2)n1.I. The highest BCUT2D eigenvalue weighted by molar-refractivity contribution is 14.0. The maximum Gasteiger partial charge on any atom is 0.226 e.